The van der Waals surface area contributed by atoms with Gasteiger partial charge >= 0.3 is 0 Å². The van der Waals surface area contributed by atoms with E-state index in [-0.39, 0.29) is 5.91 Å². The van der Waals surface area contributed by atoms with Crippen molar-refractivity contribution in [2.45, 2.75) is 18.9 Å². The first-order chi connectivity index (χ1) is 10.1. The Morgan fingerprint density at radius 1 is 1.29 bits per heavy atom. The van der Waals surface area contributed by atoms with Gasteiger partial charge in [-0.1, -0.05) is 48.9 Å². The Morgan fingerprint density at radius 2 is 2.00 bits per heavy atom. The van der Waals surface area contributed by atoms with E-state index in [1.54, 1.807) is 19.2 Å². The predicted octanol–water partition coefficient (Wildman–Crippen LogP) is 4.08. The molecule has 0 fully saturated rings. The first kappa shape index (κ1) is 16.0. The molecule has 3 nitrogen and oxygen atoms in total. The summed E-state index contributed by atoms with van der Waals surface area (Å²) in [5.41, 5.74) is 0.539. The maximum atomic E-state index is 12.2. The molecule has 2 aromatic rings. The quantitative estimate of drug-likeness (QED) is 0.869. The highest BCUT2D eigenvalue weighted by Crippen LogP contribution is 2.28. The summed E-state index contributed by atoms with van der Waals surface area (Å²) in [6, 6.07) is 13.4. The molecule has 5 heteroatoms. The van der Waals surface area contributed by atoms with Crippen LogP contribution in [0.4, 0.5) is 0 Å². The van der Waals surface area contributed by atoms with Gasteiger partial charge in [-0.2, -0.15) is 0 Å². The Balaban J connectivity index is 2.12. The number of rotatable bonds is 6. The van der Waals surface area contributed by atoms with E-state index < -0.39 is 5.60 Å². The van der Waals surface area contributed by atoms with E-state index in [4.69, 9.17) is 16.3 Å². The van der Waals surface area contributed by atoms with Crippen molar-refractivity contribution in [1.29, 1.82) is 0 Å². The number of nitrogens with one attached hydrogen (secondary N) is 1. The van der Waals surface area contributed by atoms with Crippen molar-refractivity contribution < 1.29 is 9.53 Å². The van der Waals surface area contributed by atoms with Crippen molar-refractivity contribution in [3.05, 3.63) is 57.2 Å². The third-order valence-electron chi connectivity index (χ3n) is 3.59. The van der Waals surface area contributed by atoms with Crippen LogP contribution >= 0.6 is 22.9 Å². The van der Waals surface area contributed by atoms with E-state index in [0.717, 1.165) is 12.0 Å². The normalized spacial score (nSPS) is 13.7. The maximum Gasteiger partial charge on any atom is 0.261 e. The fraction of sp³-hybridized carbons (Fsp3) is 0.312. The number of amides is 1. The average molecular weight is 324 g/mol. The number of methoxy groups -OCH3 is 1. The lowest BCUT2D eigenvalue weighted by molar-refractivity contribution is -0.0164. The van der Waals surface area contributed by atoms with Crippen LogP contribution in [0.3, 0.4) is 0 Å². The molecule has 21 heavy (non-hydrogen) atoms. The molecule has 0 radical (unpaired) electrons. The highest BCUT2D eigenvalue weighted by Gasteiger charge is 2.30. The summed E-state index contributed by atoms with van der Waals surface area (Å²) in [5, 5.41) is 2.94. The Hall–Kier alpha value is -1.36. The SMILES string of the molecule is CC[C@@](CNC(=O)c1ccc(Cl)s1)(OC)c1ccccc1. The zero-order valence-electron chi connectivity index (χ0n) is 12.1. The molecule has 1 amide bonds. The molecule has 0 unspecified atom stereocenters. The van der Waals surface area contributed by atoms with Crippen LogP contribution in [-0.2, 0) is 10.3 Å². The Kier molecular flexibility index (Phi) is 5.39. The van der Waals surface area contributed by atoms with Crippen LogP contribution in [0.2, 0.25) is 4.34 Å². The fourth-order valence-electron chi connectivity index (χ4n) is 2.25. The summed E-state index contributed by atoms with van der Waals surface area (Å²) in [6.45, 7) is 2.46. The zero-order chi connectivity index (χ0) is 15.3. The minimum Gasteiger partial charge on any atom is -0.372 e. The van der Waals surface area contributed by atoms with Crippen molar-refractivity contribution in [3.8, 4) is 0 Å². The van der Waals surface area contributed by atoms with E-state index in [1.165, 1.54) is 11.3 Å². The van der Waals surface area contributed by atoms with Crippen molar-refractivity contribution >= 4 is 28.8 Å². The minimum absolute atomic E-state index is 0.127. The molecule has 1 atom stereocenters. The van der Waals surface area contributed by atoms with Crippen molar-refractivity contribution in [2.24, 2.45) is 0 Å². The molecule has 0 bridgehead atoms. The molecular formula is C16H18ClNO2S. The summed E-state index contributed by atoms with van der Waals surface area (Å²) in [5.74, 6) is -0.127. The van der Waals surface area contributed by atoms with Crippen molar-refractivity contribution in [1.82, 2.24) is 5.32 Å². The lowest BCUT2D eigenvalue weighted by atomic mass is 9.90. The fourth-order valence-corrected chi connectivity index (χ4v) is 3.21. The highest BCUT2D eigenvalue weighted by molar-refractivity contribution is 7.17. The summed E-state index contributed by atoms with van der Waals surface area (Å²) in [4.78, 5) is 12.8. The van der Waals surface area contributed by atoms with E-state index in [9.17, 15) is 4.79 Å². The number of thiophene rings is 1. The second kappa shape index (κ2) is 7.07. The molecule has 0 aliphatic heterocycles. The van der Waals surface area contributed by atoms with E-state index in [0.29, 0.717) is 15.8 Å². The van der Waals surface area contributed by atoms with Gasteiger partial charge in [0.05, 0.1) is 15.8 Å². The monoisotopic (exact) mass is 323 g/mol. The predicted molar refractivity (Wildman–Crippen MR) is 87.1 cm³/mol. The molecule has 1 aromatic heterocycles. The van der Waals surface area contributed by atoms with Gasteiger partial charge in [-0.05, 0) is 24.1 Å². The molecule has 0 spiro atoms. The lowest BCUT2D eigenvalue weighted by Crippen LogP contribution is -2.41. The number of hydrogen-bond donors (Lipinski definition) is 1. The number of halogens is 1. The second-order valence-corrected chi connectivity index (χ2v) is 6.42. The first-order valence-electron chi connectivity index (χ1n) is 6.75. The topological polar surface area (TPSA) is 38.3 Å². The van der Waals surface area contributed by atoms with Gasteiger partial charge in [-0.15, -0.1) is 11.3 Å². The van der Waals surface area contributed by atoms with Crippen LogP contribution in [0.25, 0.3) is 0 Å². The molecular weight excluding hydrogens is 306 g/mol. The minimum atomic E-state index is -0.516. The van der Waals surface area contributed by atoms with Gasteiger partial charge in [0.2, 0.25) is 0 Å². The van der Waals surface area contributed by atoms with Crippen molar-refractivity contribution in [3.63, 3.8) is 0 Å². The number of hydrogen-bond acceptors (Lipinski definition) is 3. The lowest BCUT2D eigenvalue weighted by Gasteiger charge is -2.32. The van der Waals surface area contributed by atoms with E-state index in [1.807, 2.05) is 37.3 Å². The second-order valence-electron chi connectivity index (χ2n) is 4.70. The van der Waals surface area contributed by atoms with Gasteiger partial charge in [0, 0.05) is 7.11 Å². The summed E-state index contributed by atoms with van der Waals surface area (Å²) < 4.78 is 6.34. The molecule has 2 rings (SSSR count). The van der Waals surface area contributed by atoms with Crippen LogP contribution in [0.5, 0.6) is 0 Å². The average Bonchev–Trinajstić information content (AvgIpc) is 2.96. The third kappa shape index (κ3) is 3.64. The molecule has 1 aromatic carbocycles. The summed E-state index contributed by atoms with van der Waals surface area (Å²) in [7, 11) is 1.67. The standard InChI is InChI=1S/C16H18ClNO2S/c1-3-16(20-2,12-7-5-4-6-8-12)11-18-15(19)13-9-10-14(17)21-13/h4-10H,3,11H2,1-2H3,(H,18,19)/t16-/m0/s1. The Labute approximate surface area is 133 Å². The molecule has 0 aliphatic rings. The van der Waals surface area contributed by atoms with Gasteiger partial charge in [0.1, 0.15) is 5.60 Å². The Morgan fingerprint density at radius 3 is 2.52 bits per heavy atom. The molecule has 0 saturated carbocycles. The molecule has 0 aliphatic carbocycles. The first-order valence-corrected chi connectivity index (χ1v) is 7.95. The summed E-state index contributed by atoms with van der Waals surface area (Å²) >= 11 is 7.13. The highest BCUT2D eigenvalue weighted by atomic mass is 35.5. The van der Waals surface area contributed by atoms with Crippen LogP contribution in [0.1, 0.15) is 28.6 Å². The third-order valence-corrected chi connectivity index (χ3v) is 4.82. The van der Waals surface area contributed by atoms with Gasteiger partial charge in [-0.3, -0.25) is 4.79 Å². The van der Waals surface area contributed by atoms with Gasteiger partial charge in [-0.25, -0.2) is 0 Å². The van der Waals surface area contributed by atoms with E-state index in [2.05, 4.69) is 5.32 Å². The number of ether oxygens (including phenoxy) is 1. The van der Waals surface area contributed by atoms with Gasteiger partial charge in [0.25, 0.3) is 5.91 Å². The van der Waals surface area contributed by atoms with E-state index >= 15 is 0 Å². The number of carbonyl (C=O) groups excluding carboxylic acids is 1. The zero-order valence-corrected chi connectivity index (χ0v) is 13.6. The smallest absolute Gasteiger partial charge is 0.261 e. The molecule has 112 valence electrons. The van der Waals surface area contributed by atoms with Crippen LogP contribution in [0, 0.1) is 0 Å². The summed E-state index contributed by atoms with van der Waals surface area (Å²) in [6.07, 6.45) is 0.763. The number of benzene rings is 1. The van der Waals surface area contributed by atoms with Crippen LogP contribution < -0.4 is 5.32 Å². The van der Waals surface area contributed by atoms with Gasteiger partial charge in [0.15, 0.2) is 0 Å². The van der Waals surface area contributed by atoms with Crippen molar-refractivity contribution in [2.75, 3.05) is 13.7 Å². The Bertz CT molecular complexity index is 593. The molecule has 0 saturated heterocycles. The molecule has 1 heterocycles. The maximum absolute atomic E-state index is 12.2. The van der Waals surface area contributed by atoms with Gasteiger partial charge < -0.3 is 10.1 Å². The largest absolute Gasteiger partial charge is 0.372 e. The van der Waals surface area contributed by atoms with Crippen LogP contribution in [0.15, 0.2) is 42.5 Å². The number of carbonyl (C=O) groups is 1. The van der Waals surface area contributed by atoms with Crippen LogP contribution in [-0.4, -0.2) is 19.6 Å². The molecule has 1 N–H and O–H groups in total.